The number of nitrogens with two attached hydrogens (primary N) is 1. The van der Waals surface area contributed by atoms with Crippen molar-refractivity contribution in [3.63, 3.8) is 0 Å². The lowest BCUT2D eigenvalue weighted by Crippen LogP contribution is -2.46. The molecule has 2 saturated heterocycles. The molecule has 1 atom stereocenters. The van der Waals surface area contributed by atoms with Gasteiger partial charge >= 0.3 is 12.3 Å². The van der Waals surface area contributed by atoms with Gasteiger partial charge in [-0.05, 0) is 44.4 Å². The Morgan fingerprint density at radius 2 is 1.96 bits per heavy atom. The van der Waals surface area contributed by atoms with Crippen molar-refractivity contribution in [3.05, 3.63) is 23.8 Å². The summed E-state index contributed by atoms with van der Waals surface area (Å²) in [4.78, 5) is 16.0. The van der Waals surface area contributed by atoms with E-state index in [-0.39, 0.29) is 17.8 Å². The molecular weight excluding hydrogens is 373 g/mol. The van der Waals surface area contributed by atoms with Crippen LogP contribution in [-0.2, 0) is 10.9 Å². The maximum Gasteiger partial charge on any atom is 0.416 e. The summed E-state index contributed by atoms with van der Waals surface area (Å²) in [6.45, 7) is 5.32. The average Bonchev–Trinajstić information content (AvgIpc) is 3.13. The predicted molar refractivity (Wildman–Crippen MR) is 101 cm³/mol. The van der Waals surface area contributed by atoms with Crippen LogP contribution >= 0.6 is 0 Å². The van der Waals surface area contributed by atoms with Crippen LogP contribution < -0.4 is 11.1 Å². The van der Waals surface area contributed by atoms with Crippen LogP contribution in [0, 0.1) is 0 Å². The minimum Gasteiger partial charge on any atom is -0.450 e. The number of amides is 1. The minimum atomic E-state index is -4.39. The molecule has 1 aromatic rings. The summed E-state index contributed by atoms with van der Waals surface area (Å²) in [7, 11) is 0. The van der Waals surface area contributed by atoms with Crippen LogP contribution in [0.5, 0.6) is 0 Å². The first kappa shape index (κ1) is 20.6. The van der Waals surface area contributed by atoms with Crippen molar-refractivity contribution >= 4 is 17.5 Å². The molecule has 0 spiro atoms. The maximum absolute atomic E-state index is 12.8. The second kappa shape index (κ2) is 8.46. The van der Waals surface area contributed by atoms with Crippen molar-refractivity contribution in [2.75, 3.05) is 43.8 Å². The van der Waals surface area contributed by atoms with E-state index >= 15 is 0 Å². The maximum atomic E-state index is 12.8. The normalized spacial score (nSPS) is 21.7. The highest BCUT2D eigenvalue weighted by molar-refractivity contribution is 5.68. The Morgan fingerprint density at radius 3 is 2.57 bits per heavy atom. The smallest absolute Gasteiger partial charge is 0.416 e. The number of nitrogens with one attached hydrogen (secondary N) is 1. The van der Waals surface area contributed by atoms with Crippen LogP contribution in [0.4, 0.5) is 29.3 Å². The number of nitrogens with zero attached hydrogens (tertiary/aromatic N) is 2. The van der Waals surface area contributed by atoms with Gasteiger partial charge in [0.1, 0.15) is 0 Å². The molecule has 6 nitrogen and oxygen atoms in total. The van der Waals surface area contributed by atoms with E-state index in [1.807, 2.05) is 0 Å². The summed E-state index contributed by atoms with van der Waals surface area (Å²) in [5.41, 5.74) is 5.72. The summed E-state index contributed by atoms with van der Waals surface area (Å²) in [6, 6.07) is 3.92. The molecule has 0 radical (unpaired) electrons. The highest BCUT2D eigenvalue weighted by Gasteiger charge is 2.34. The Hall–Kier alpha value is -2.16. The lowest BCUT2D eigenvalue weighted by Gasteiger charge is -2.36. The average molecular weight is 400 g/mol. The van der Waals surface area contributed by atoms with Gasteiger partial charge in [0.15, 0.2) is 0 Å². The summed E-state index contributed by atoms with van der Waals surface area (Å²) in [6.07, 6.45) is -1.97. The van der Waals surface area contributed by atoms with Crippen molar-refractivity contribution in [1.29, 1.82) is 0 Å². The van der Waals surface area contributed by atoms with Gasteiger partial charge in [-0.1, -0.05) is 0 Å². The van der Waals surface area contributed by atoms with Crippen LogP contribution in [-0.4, -0.2) is 60.8 Å². The van der Waals surface area contributed by atoms with E-state index in [1.54, 1.807) is 11.8 Å². The quantitative estimate of drug-likeness (QED) is 0.758. The highest BCUT2D eigenvalue weighted by Crippen LogP contribution is 2.33. The second-order valence-electron chi connectivity index (χ2n) is 7.34. The lowest BCUT2D eigenvalue weighted by molar-refractivity contribution is -0.137. The zero-order chi connectivity index (χ0) is 20.3. The predicted octanol–water partition coefficient (Wildman–Crippen LogP) is 3.39. The third kappa shape index (κ3) is 4.81. The molecule has 2 aliphatic rings. The molecule has 9 heteroatoms. The van der Waals surface area contributed by atoms with E-state index in [9.17, 15) is 18.0 Å². The van der Waals surface area contributed by atoms with E-state index in [0.29, 0.717) is 31.4 Å². The summed E-state index contributed by atoms with van der Waals surface area (Å²) in [5.74, 6) is 0. The van der Waals surface area contributed by atoms with Gasteiger partial charge in [-0.15, -0.1) is 0 Å². The summed E-state index contributed by atoms with van der Waals surface area (Å²) in [5, 5.41) is 3.28. The summed E-state index contributed by atoms with van der Waals surface area (Å²) >= 11 is 0. The molecule has 3 rings (SSSR count). The van der Waals surface area contributed by atoms with Gasteiger partial charge in [0.05, 0.1) is 23.5 Å². The second-order valence-corrected chi connectivity index (χ2v) is 7.34. The molecular formula is C19H27F3N4O2. The number of benzene rings is 1. The van der Waals surface area contributed by atoms with Crippen molar-refractivity contribution in [1.82, 2.24) is 9.80 Å². The number of alkyl halides is 3. The SMILES string of the molecule is CCOC(=O)N1CC[C@H](N2CCC(Nc3ccc(C(F)(F)F)cc3N)CC2)C1. The fourth-order valence-corrected chi connectivity index (χ4v) is 3.92. The van der Waals surface area contributed by atoms with Gasteiger partial charge in [0.25, 0.3) is 0 Å². The molecule has 0 bridgehead atoms. The Bertz CT molecular complexity index is 690. The van der Waals surface area contributed by atoms with Crippen molar-refractivity contribution < 1.29 is 22.7 Å². The topological polar surface area (TPSA) is 70.8 Å². The van der Waals surface area contributed by atoms with Gasteiger partial charge < -0.3 is 20.7 Å². The number of rotatable bonds is 4. The van der Waals surface area contributed by atoms with E-state index < -0.39 is 11.7 Å². The Balaban J connectivity index is 1.49. The number of anilines is 2. The number of carbonyl (C=O) groups is 1. The number of hydrogen-bond acceptors (Lipinski definition) is 5. The number of hydrogen-bond donors (Lipinski definition) is 2. The fraction of sp³-hybridized carbons (Fsp3) is 0.632. The molecule has 3 N–H and O–H groups in total. The molecule has 156 valence electrons. The molecule has 28 heavy (non-hydrogen) atoms. The number of piperidine rings is 1. The fourth-order valence-electron chi connectivity index (χ4n) is 3.92. The molecule has 1 amide bonds. The van der Waals surface area contributed by atoms with Crippen molar-refractivity contribution in [2.24, 2.45) is 0 Å². The molecule has 2 aliphatic heterocycles. The first-order chi connectivity index (χ1) is 13.3. The van der Waals surface area contributed by atoms with Crippen LogP contribution in [0.15, 0.2) is 18.2 Å². The Labute approximate surface area is 162 Å². The van der Waals surface area contributed by atoms with Gasteiger partial charge in [-0.3, -0.25) is 4.90 Å². The van der Waals surface area contributed by atoms with Crippen LogP contribution in [0.1, 0.15) is 31.7 Å². The van der Waals surface area contributed by atoms with Gasteiger partial charge in [0, 0.05) is 38.3 Å². The molecule has 0 aromatic heterocycles. The molecule has 1 aromatic carbocycles. The van der Waals surface area contributed by atoms with E-state index in [0.717, 1.165) is 44.5 Å². The van der Waals surface area contributed by atoms with Gasteiger partial charge in [-0.25, -0.2) is 4.79 Å². The highest BCUT2D eigenvalue weighted by atomic mass is 19.4. The number of carbonyl (C=O) groups excluding carboxylic acids is 1. The molecule has 0 unspecified atom stereocenters. The van der Waals surface area contributed by atoms with Crippen molar-refractivity contribution in [3.8, 4) is 0 Å². The number of ether oxygens (including phenoxy) is 1. The largest absolute Gasteiger partial charge is 0.450 e. The zero-order valence-electron chi connectivity index (χ0n) is 16.0. The number of halogens is 3. The first-order valence-corrected chi connectivity index (χ1v) is 9.67. The molecule has 2 heterocycles. The zero-order valence-corrected chi connectivity index (χ0v) is 16.0. The number of nitrogen functional groups attached to an aromatic ring is 1. The van der Waals surface area contributed by atoms with E-state index in [4.69, 9.17) is 10.5 Å². The Morgan fingerprint density at radius 1 is 1.25 bits per heavy atom. The lowest BCUT2D eigenvalue weighted by atomic mass is 10.0. The van der Waals surface area contributed by atoms with E-state index in [1.165, 1.54) is 6.07 Å². The third-order valence-electron chi connectivity index (χ3n) is 5.47. The monoisotopic (exact) mass is 400 g/mol. The van der Waals surface area contributed by atoms with Gasteiger partial charge in [-0.2, -0.15) is 13.2 Å². The summed E-state index contributed by atoms with van der Waals surface area (Å²) < 4.78 is 43.3. The third-order valence-corrected chi connectivity index (χ3v) is 5.47. The van der Waals surface area contributed by atoms with Crippen LogP contribution in [0.25, 0.3) is 0 Å². The van der Waals surface area contributed by atoms with E-state index in [2.05, 4.69) is 10.2 Å². The molecule has 0 aliphatic carbocycles. The standard InChI is InChI=1S/C19H27F3N4O2/c1-2-28-18(27)26-10-7-15(12-26)25-8-5-14(6-9-25)24-17-4-3-13(11-16(17)23)19(20,21)22/h3-4,11,14-15,24H,2,5-10,12,23H2,1H3/t15-/m0/s1. The Kier molecular flexibility index (Phi) is 6.22. The molecule has 0 saturated carbocycles. The minimum absolute atomic E-state index is 0.109. The first-order valence-electron chi connectivity index (χ1n) is 9.67. The number of likely N-dealkylation sites (tertiary alicyclic amines) is 2. The van der Waals surface area contributed by atoms with Crippen molar-refractivity contribution in [2.45, 2.75) is 44.4 Å². The molecule has 2 fully saturated rings. The van der Waals surface area contributed by atoms with Crippen LogP contribution in [0.2, 0.25) is 0 Å². The van der Waals surface area contributed by atoms with Crippen LogP contribution in [0.3, 0.4) is 0 Å². The van der Waals surface area contributed by atoms with Gasteiger partial charge in [0.2, 0.25) is 0 Å².